The van der Waals surface area contributed by atoms with E-state index in [1.165, 1.54) is 19.4 Å². The number of aryl methyl sites for hydroxylation is 2. The average Bonchev–Trinajstić information content (AvgIpc) is 2.61. The highest BCUT2D eigenvalue weighted by atomic mass is 16.5. The van der Waals surface area contributed by atoms with Crippen LogP contribution in [-0.2, 0) is 25.7 Å². The molecule has 8 nitrogen and oxygen atoms in total. The van der Waals surface area contributed by atoms with E-state index in [0.29, 0.717) is 19.4 Å². The maximum Gasteiger partial charge on any atom is 0.305 e. The number of unbranched alkanes of at least 4 members (excludes halogenated alkanes) is 2. The van der Waals surface area contributed by atoms with Crippen molar-refractivity contribution in [3.63, 3.8) is 0 Å². The number of aromatic nitrogens is 1. The molecule has 1 amide bonds. The fourth-order valence-corrected chi connectivity index (χ4v) is 2.36. The minimum absolute atomic E-state index is 0.0190. The highest BCUT2D eigenvalue weighted by molar-refractivity contribution is 5.88. The number of ether oxygens (including phenoxy) is 1. The molecular formula is C18H26N2O6. The molecule has 0 aliphatic carbocycles. The van der Waals surface area contributed by atoms with E-state index in [0.717, 1.165) is 18.5 Å². The fraction of sp³-hybridized carbons (Fsp3) is 0.556. The number of amides is 1. The number of rotatable bonds is 11. The van der Waals surface area contributed by atoms with Crippen molar-refractivity contribution in [1.29, 1.82) is 0 Å². The summed E-state index contributed by atoms with van der Waals surface area (Å²) in [6.07, 6.45) is 4.09. The Balaban J connectivity index is 2.17. The van der Waals surface area contributed by atoms with Crippen LogP contribution in [0.2, 0.25) is 0 Å². The Labute approximate surface area is 152 Å². The van der Waals surface area contributed by atoms with Gasteiger partial charge in [-0.2, -0.15) is 0 Å². The SMILES string of the molecule is COC(=O)CCC(=O)CNC(=O)CCCCCn1cc(O)c(=O)cc1C. The van der Waals surface area contributed by atoms with Gasteiger partial charge in [-0.05, 0) is 19.8 Å². The van der Waals surface area contributed by atoms with Gasteiger partial charge in [0.2, 0.25) is 11.3 Å². The molecule has 1 aromatic heterocycles. The van der Waals surface area contributed by atoms with Crippen molar-refractivity contribution < 1.29 is 24.2 Å². The van der Waals surface area contributed by atoms with Crippen molar-refractivity contribution in [2.45, 2.75) is 52.0 Å². The number of methoxy groups -OCH3 is 1. The third-order valence-corrected chi connectivity index (χ3v) is 3.94. The highest BCUT2D eigenvalue weighted by Gasteiger charge is 2.09. The summed E-state index contributed by atoms with van der Waals surface area (Å²) in [4.78, 5) is 45.4. The molecule has 0 fully saturated rings. The van der Waals surface area contributed by atoms with Crippen LogP contribution in [-0.4, -0.2) is 41.0 Å². The van der Waals surface area contributed by atoms with Gasteiger partial charge in [-0.15, -0.1) is 0 Å². The lowest BCUT2D eigenvalue weighted by Crippen LogP contribution is -2.29. The van der Waals surface area contributed by atoms with Gasteiger partial charge in [0, 0.05) is 37.3 Å². The number of ketones is 1. The molecule has 0 saturated heterocycles. The van der Waals surface area contributed by atoms with Crippen LogP contribution >= 0.6 is 0 Å². The molecule has 0 radical (unpaired) electrons. The first-order valence-corrected chi connectivity index (χ1v) is 8.58. The van der Waals surface area contributed by atoms with Crippen molar-refractivity contribution in [2.24, 2.45) is 0 Å². The van der Waals surface area contributed by atoms with Gasteiger partial charge in [0.1, 0.15) is 0 Å². The van der Waals surface area contributed by atoms with Crippen molar-refractivity contribution in [3.8, 4) is 5.75 Å². The lowest BCUT2D eigenvalue weighted by atomic mass is 10.1. The van der Waals surface area contributed by atoms with Crippen molar-refractivity contribution in [3.05, 3.63) is 28.2 Å². The number of pyridine rings is 1. The molecule has 0 bridgehead atoms. The van der Waals surface area contributed by atoms with Gasteiger partial charge in [0.05, 0.1) is 20.1 Å². The number of carbonyl (C=O) groups is 3. The second-order valence-corrected chi connectivity index (χ2v) is 6.06. The summed E-state index contributed by atoms with van der Waals surface area (Å²) >= 11 is 0. The fourth-order valence-electron chi connectivity index (χ4n) is 2.36. The van der Waals surface area contributed by atoms with E-state index < -0.39 is 11.4 Å². The zero-order valence-corrected chi connectivity index (χ0v) is 15.2. The van der Waals surface area contributed by atoms with Gasteiger partial charge in [0.15, 0.2) is 11.5 Å². The molecule has 26 heavy (non-hydrogen) atoms. The van der Waals surface area contributed by atoms with E-state index >= 15 is 0 Å². The van der Waals surface area contributed by atoms with E-state index in [9.17, 15) is 24.3 Å². The topological polar surface area (TPSA) is 115 Å². The number of aromatic hydroxyl groups is 1. The zero-order chi connectivity index (χ0) is 19.5. The predicted octanol–water partition coefficient (Wildman–Crippen LogP) is 1.06. The first-order chi connectivity index (χ1) is 12.3. The average molecular weight is 366 g/mol. The Bertz CT molecular complexity index is 695. The van der Waals surface area contributed by atoms with Crippen LogP contribution < -0.4 is 10.7 Å². The van der Waals surface area contributed by atoms with Crippen LogP contribution in [0.4, 0.5) is 0 Å². The Morgan fingerprint density at radius 2 is 1.88 bits per heavy atom. The van der Waals surface area contributed by atoms with E-state index in [1.54, 1.807) is 11.5 Å². The van der Waals surface area contributed by atoms with Gasteiger partial charge in [-0.1, -0.05) is 6.42 Å². The number of hydrogen-bond acceptors (Lipinski definition) is 6. The summed E-state index contributed by atoms with van der Waals surface area (Å²) in [5.74, 6) is -1.13. The number of esters is 1. The second-order valence-electron chi connectivity index (χ2n) is 6.06. The van der Waals surface area contributed by atoms with Gasteiger partial charge in [-0.3, -0.25) is 19.2 Å². The molecule has 8 heteroatoms. The van der Waals surface area contributed by atoms with Crippen LogP contribution in [0, 0.1) is 6.92 Å². The van der Waals surface area contributed by atoms with E-state index in [4.69, 9.17) is 0 Å². The van der Waals surface area contributed by atoms with Crippen molar-refractivity contribution in [2.75, 3.05) is 13.7 Å². The first-order valence-electron chi connectivity index (χ1n) is 8.58. The van der Waals surface area contributed by atoms with Gasteiger partial charge in [0.25, 0.3) is 0 Å². The van der Waals surface area contributed by atoms with Crippen LogP contribution in [0.3, 0.4) is 0 Å². The summed E-state index contributed by atoms with van der Waals surface area (Å²) in [6.45, 7) is 2.37. The van der Waals surface area contributed by atoms with E-state index in [1.807, 2.05) is 0 Å². The quantitative estimate of drug-likeness (QED) is 0.447. The molecule has 144 valence electrons. The molecule has 0 aromatic carbocycles. The molecule has 1 aromatic rings. The lowest BCUT2D eigenvalue weighted by Gasteiger charge is -2.10. The monoisotopic (exact) mass is 366 g/mol. The Hall–Kier alpha value is -2.64. The highest BCUT2D eigenvalue weighted by Crippen LogP contribution is 2.08. The molecule has 0 unspecified atom stereocenters. The van der Waals surface area contributed by atoms with Crippen molar-refractivity contribution in [1.82, 2.24) is 9.88 Å². The molecule has 2 N–H and O–H groups in total. The van der Waals surface area contributed by atoms with Gasteiger partial charge < -0.3 is 19.7 Å². The van der Waals surface area contributed by atoms with Crippen LogP contribution in [0.25, 0.3) is 0 Å². The third kappa shape index (κ3) is 7.96. The Kier molecular flexibility index (Phi) is 9.11. The molecule has 1 rings (SSSR count). The van der Waals surface area contributed by atoms with Gasteiger partial charge >= 0.3 is 5.97 Å². The molecule has 0 saturated carbocycles. The largest absolute Gasteiger partial charge is 0.503 e. The van der Waals surface area contributed by atoms with Crippen molar-refractivity contribution >= 4 is 17.7 Å². The van der Waals surface area contributed by atoms with E-state index in [2.05, 4.69) is 10.1 Å². The minimum atomic E-state index is -0.448. The lowest BCUT2D eigenvalue weighted by molar-refractivity contribution is -0.141. The van der Waals surface area contributed by atoms with Crippen LogP contribution in [0.5, 0.6) is 5.75 Å². The van der Waals surface area contributed by atoms with Crippen LogP contribution in [0.15, 0.2) is 17.1 Å². The number of nitrogens with zero attached hydrogens (tertiary/aromatic N) is 1. The standard InChI is InChI=1S/C18H26N2O6/c1-13-10-15(22)16(23)12-20(13)9-5-3-4-6-17(24)19-11-14(21)7-8-18(25)26-2/h10,12,23H,3-9,11H2,1-2H3,(H,19,24). The number of Topliss-reactive ketones (excluding diaryl/α,β-unsaturated/α-hetero) is 1. The number of nitrogens with one attached hydrogen (secondary N) is 1. The third-order valence-electron chi connectivity index (χ3n) is 3.94. The molecule has 0 atom stereocenters. The normalized spacial score (nSPS) is 10.4. The van der Waals surface area contributed by atoms with Crippen LogP contribution in [0.1, 0.15) is 44.2 Å². The molecule has 0 aliphatic rings. The summed E-state index contributed by atoms with van der Waals surface area (Å²) in [5, 5.41) is 12.0. The summed E-state index contributed by atoms with van der Waals surface area (Å²) in [5.41, 5.74) is 0.382. The summed E-state index contributed by atoms with van der Waals surface area (Å²) in [7, 11) is 1.26. The summed E-state index contributed by atoms with van der Waals surface area (Å²) in [6, 6.07) is 1.39. The molecule has 1 heterocycles. The maximum absolute atomic E-state index is 11.7. The summed E-state index contributed by atoms with van der Waals surface area (Å²) < 4.78 is 6.25. The zero-order valence-electron chi connectivity index (χ0n) is 15.2. The maximum atomic E-state index is 11.7. The Morgan fingerprint density at radius 3 is 2.58 bits per heavy atom. The van der Waals surface area contributed by atoms with Gasteiger partial charge in [-0.25, -0.2) is 0 Å². The second kappa shape index (κ2) is 11.1. The number of hydrogen-bond donors (Lipinski definition) is 2. The Morgan fingerprint density at radius 1 is 1.15 bits per heavy atom. The molecule has 0 spiro atoms. The predicted molar refractivity (Wildman–Crippen MR) is 94.8 cm³/mol. The minimum Gasteiger partial charge on any atom is -0.503 e. The number of carbonyl (C=O) groups excluding carboxylic acids is 3. The molecule has 0 aliphatic heterocycles. The first kappa shape index (κ1) is 21.4. The van der Waals surface area contributed by atoms with E-state index in [-0.39, 0.29) is 36.8 Å². The smallest absolute Gasteiger partial charge is 0.305 e. The molecular weight excluding hydrogens is 340 g/mol.